The SMILES string of the molecule is CC1(/C=C/c2ccccc2)CCO1. The molecule has 1 aromatic rings. The van der Waals surface area contributed by atoms with Crippen molar-refractivity contribution in [2.24, 2.45) is 0 Å². The third-order valence-corrected chi connectivity index (χ3v) is 2.46. The molecular weight excluding hydrogens is 160 g/mol. The van der Waals surface area contributed by atoms with Gasteiger partial charge in [-0.2, -0.15) is 0 Å². The zero-order chi connectivity index (χ0) is 9.15. The van der Waals surface area contributed by atoms with E-state index in [1.807, 2.05) is 18.2 Å². The second-order valence-corrected chi connectivity index (χ2v) is 3.66. The zero-order valence-electron chi connectivity index (χ0n) is 7.86. The average molecular weight is 174 g/mol. The lowest BCUT2D eigenvalue weighted by atomic mass is 9.96. The van der Waals surface area contributed by atoms with Crippen LogP contribution in [0, 0.1) is 0 Å². The van der Waals surface area contributed by atoms with Crippen molar-refractivity contribution in [3.05, 3.63) is 42.0 Å². The zero-order valence-corrected chi connectivity index (χ0v) is 7.86. The summed E-state index contributed by atoms with van der Waals surface area (Å²) in [6.07, 6.45) is 5.40. The lowest BCUT2D eigenvalue weighted by Crippen LogP contribution is -2.38. The van der Waals surface area contributed by atoms with Crippen LogP contribution in [0.15, 0.2) is 36.4 Å². The maximum absolute atomic E-state index is 5.45. The molecule has 1 aliphatic rings. The third kappa shape index (κ3) is 1.99. The fourth-order valence-electron chi connectivity index (χ4n) is 1.39. The Balaban J connectivity index is 2.05. The molecule has 1 unspecified atom stereocenters. The third-order valence-electron chi connectivity index (χ3n) is 2.46. The van der Waals surface area contributed by atoms with E-state index in [0.717, 1.165) is 13.0 Å². The van der Waals surface area contributed by atoms with Crippen LogP contribution in [0.3, 0.4) is 0 Å². The maximum Gasteiger partial charge on any atom is 0.0859 e. The first-order valence-corrected chi connectivity index (χ1v) is 4.67. The number of hydrogen-bond donors (Lipinski definition) is 0. The van der Waals surface area contributed by atoms with Gasteiger partial charge < -0.3 is 4.74 Å². The van der Waals surface area contributed by atoms with Gasteiger partial charge in [-0.1, -0.05) is 42.5 Å². The van der Waals surface area contributed by atoms with E-state index < -0.39 is 0 Å². The Bertz CT molecular complexity index is 296. The van der Waals surface area contributed by atoms with Gasteiger partial charge in [0, 0.05) is 6.42 Å². The Labute approximate surface area is 79.0 Å². The normalized spacial score (nSPS) is 27.5. The molecule has 0 radical (unpaired) electrons. The Morgan fingerprint density at radius 2 is 2.00 bits per heavy atom. The second-order valence-electron chi connectivity index (χ2n) is 3.66. The summed E-state index contributed by atoms with van der Waals surface area (Å²) in [6.45, 7) is 3.02. The monoisotopic (exact) mass is 174 g/mol. The van der Waals surface area contributed by atoms with E-state index in [1.165, 1.54) is 5.56 Å². The van der Waals surface area contributed by atoms with E-state index in [2.05, 4.69) is 31.2 Å². The highest BCUT2D eigenvalue weighted by Gasteiger charge is 2.29. The van der Waals surface area contributed by atoms with Crippen molar-refractivity contribution in [1.82, 2.24) is 0 Å². The summed E-state index contributed by atoms with van der Waals surface area (Å²) in [5.74, 6) is 0. The van der Waals surface area contributed by atoms with Crippen molar-refractivity contribution in [2.75, 3.05) is 6.61 Å². The van der Waals surface area contributed by atoms with Crippen molar-refractivity contribution < 1.29 is 4.74 Å². The minimum atomic E-state index is -0.00413. The minimum Gasteiger partial charge on any atom is -0.371 e. The van der Waals surface area contributed by atoms with Gasteiger partial charge in [0.2, 0.25) is 0 Å². The summed E-state index contributed by atoms with van der Waals surface area (Å²) >= 11 is 0. The van der Waals surface area contributed by atoms with Crippen LogP contribution >= 0.6 is 0 Å². The molecule has 0 spiro atoms. The van der Waals surface area contributed by atoms with Crippen LogP contribution in [0.5, 0.6) is 0 Å². The molecule has 1 heterocycles. The molecule has 13 heavy (non-hydrogen) atoms. The maximum atomic E-state index is 5.45. The van der Waals surface area contributed by atoms with Gasteiger partial charge in [0.15, 0.2) is 0 Å². The lowest BCUT2D eigenvalue weighted by Gasteiger charge is -2.35. The Morgan fingerprint density at radius 3 is 2.54 bits per heavy atom. The van der Waals surface area contributed by atoms with Crippen molar-refractivity contribution in [2.45, 2.75) is 18.9 Å². The van der Waals surface area contributed by atoms with Crippen LogP contribution in [0.2, 0.25) is 0 Å². The van der Waals surface area contributed by atoms with Gasteiger partial charge in [0.05, 0.1) is 12.2 Å². The van der Waals surface area contributed by atoms with Crippen molar-refractivity contribution in [1.29, 1.82) is 0 Å². The molecule has 0 bridgehead atoms. The van der Waals surface area contributed by atoms with E-state index in [4.69, 9.17) is 4.74 Å². The molecule has 1 atom stereocenters. The van der Waals surface area contributed by atoms with E-state index in [0.29, 0.717) is 0 Å². The molecule has 68 valence electrons. The molecule has 0 aliphatic carbocycles. The molecule has 0 N–H and O–H groups in total. The van der Waals surface area contributed by atoms with Crippen LogP contribution < -0.4 is 0 Å². The molecule has 0 saturated carbocycles. The molecule has 1 aromatic carbocycles. The smallest absolute Gasteiger partial charge is 0.0859 e. The summed E-state index contributed by atoms with van der Waals surface area (Å²) in [5.41, 5.74) is 1.23. The van der Waals surface area contributed by atoms with Crippen LogP contribution in [0.25, 0.3) is 6.08 Å². The fraction of sp³-hybridized carbons (Fsp3) is 0.333. The van der Waals surface area contributed by atoms with E-state index in [1.54, 1.807) is 0 Å². The first kappa shape index (κ1) is 8.52. The Hall–Kier alpha value is -1.08. The number of benzene rings is 1. The predicted octanol–water partition coefficient (Wildman–Crippen LogP) is 2.88. The summed E-state index contributed by atoms with van der Waals surface area (Å²) < 4.78 is 5.45. The van der Waals surface area contributed by atoms with Gasteiger partial charge in [0.1, 0.15) is 0 Å². The number of ether oxygens (including phenoxy) is 1. The number of rotatable bonds is 2. The summed E-state index contributed by atoms with van der Waals surface area (Å²) in [7, 11) is 0. The van der Waals surface area contributed by atoms with E-state index in [-0.39, 0.29) is 5.60 Å². The standard InChI is InChI=1S/C12H14O/c1-12(9-10-13-12)8-7-11-5-3-2-4-6-11/h2-8H,9-10H2,1H3/b8-7+. The van der Waals surface area contributed by atoms with Gasteiger partial charge >= 0.3 is 0 Å². The van der Waals surface area contributed by atoms with Gasteiger partial charge in [-0.25, -0.2) is 0 Å². The van der Waals surface area contributed by atoms with Crippen LogP contribution in [-0.4, -0.2) is 12.2 Å². The van der Waals surface area contributed by atoms with E-state index in [9.17, 15) is 0 Å². The van der Waals surface area contributed by atoms with Crippen LogP contribution in [-0.2, 0) is 4.74 Å². The van der Waals surface area contributed by atoms with Crippen molar-refractivity contribution >= 4 is 6.08 Å². The van der Waals surface area contributed by atoms with Gasteiger partial charge in [-0.05, 0) is 12.5 Å². The van der Waals surface area contributed by atoms with Crippen LogP contribution in [0.4, 0.5) is 0 Å². The van der Waals surface area contributed by atoms with Gasteiger partial charge in [-0.3, -0.25) is 0 Å². The number of hydrogen-bond acceptors (Lipinski definition) is 1. The van der Waals surface area contributed by atoms with E-state index >= 15 is 0 Å². The first-order chi connectivity index (χ1) is 6.29. The Morgan fingerprint density at radius 1 is 1.31 bits per heavy atom. The minimum absolute atomic E-state index is 0.00413. The highest BCUT2D eigenvalue weighted by atomic mass is 16.5. The summed E-state index contributed by atoms with van der Waals surface area (Å²) in [6, 6.07) is 10.3. The molecule has 1 heteroatoms. The molecular formula is C12H14O. The highest BCUT2D eigenvalue weighted by molar-refractivity contribution is 5.50. The molecule has 1 fully saturated rings. The first-order valence-electron chi connectivity index (χ1n) is 4.67. The summed E-state index contributed by atoms with van der Waals surface area (Å²) in [4.78, 5) is 0. The second kappa shape index (κ2) is 3.35. The van der Waals surface area contributed by atoms with Crippen LogP contribution in [0.1, 0.15) is 18.9 Å². The average Bonchev–Trinajstić information content (AvgIpc) is 2.13. The summed E-state index contributed by atoms with van der Waals surface area (Å²) in [5, 5.41) is 0. The van der Waals surface area contributed by atoms with Gasteiger partial charge in [0.25, 0.3) is 0 Å². The lowest BCUT2D eigenvalue weighted by molar-refractivity contribution is -0.0978. The quantitative estimate of drug-likeness (QED) is 0.670. The Kier molecular flexibility index (Phi) is 2.19. The largest absolute Gasteiger partial charge is 0.371 e. The highest BCUT2D eigenvalue weighted by Crippen LogP contribution is 2.27. The molecule has 1 aliphatic heterocycles. The van der Waals surface area contributed by atoms with Crippen molar-refractivity contribution in [3.8, 4) is 0 Å². The molecule has 0 amide bonds. The van der Waals surface area contributed by atoms with Crippen molar-refractivity contribution in [3.63, 3.8) is 0 Å². The molecule has 2 rings (SSSR count). The topological polar surface area (TPSA) is 9.23 Å². The van der Waals surface area contributed by atoms with Gasteiger partial charge in [-0.15, -0.1) is 0 Å². The molecule has 0 aromatic heterocycles. The molecule has 1 nitrogen and oxygen atoms in total. The molecule has 1 saturated heterocycles. The predicted molar refractivity (Wildman–Crippen MR) is 54.5 cm³/mol. The fourth-order valence-corrected chi connectivity index (χ4v) is 1.39.